The maximum Gasteiger partial charge on any atom is 0.338 e. The fourth-order valence-electron chi connectivity index (χ4n) is 2.88. The van der Waals surface area contributed by atoms with Crippen molar-refractivity contribution in [2.24, 2.45) is 5.73 Å². The van der Waals surface area contributed by atoms with Crippen LogP contribution in [0.5, 0.6) is 0 Å². The summed E-state index contributed by atoms with van der Waals surface area (Å²) in [6.45, 7) is 2.22. The number of nitrogens with two attached hydrogens (primary N) is 1. The third-order valence-electron chi connectivity index (χ3n) is 4.25. The molecule has 0 atom stereocenters. The van der Waals surface area contributed by atoms with E-state index in [2.05, 4.69) is 9.97 Å². The van der Waals surface area contributed by atoms with Gasteiger partial charge in [0.25, 0.3) is 0 Å². The lowest BCUT2D eigenvalue weighted by atomic mass is 10.1. The van der Waals surface area contributed by atoms with Crippen LogP contribution in [0.25, 0.3) is 17.8 Å². The second-order valence-electron chi connectivity index (χ2n) is 5.86. The van der Waals surface area contributed by atoms with E-state index in [1.165, 1.54) is 19.4 Å². The molecule has 0 unspecified atom stereocenters. The van der Waals surface area contributed by atoms with Gasteiger partial charge in [0.05, 0.1) is 24.1 Å². The summed E-state index contributed by atoms with van der Waals surface area (Å²) < 4.78 is 20.7. The number of halogens is 2. The summed E-state index contributed by atoms with van der Waals surface area (Å²) in [6, 6.07) is 3.21. The van der Waals surface area contributed by atoms with Gasteiger partial charge in [-0.05, 0) is 37.8 Å². The molecule has 3 aromatic heterocycles. The molecule has 3 aromatic rings. The van der Waals surface area contributed by atoms with E-state index < -0.39 is 11.8 Å². The van der Waals surface area contributed by atoms with Crippen LogP contribution in [0.4, 0.5) is 4.39 Å². The Hall–Kier alpha value is -2.77. The number of pyridine rings is 2. The zero-order chi connectivity index (χ0) is 19.6. The Kier molecular flexibility index (Phi) is 5.53. The van der Waals surface area contributed by atoms with E-state index >= 15 is 0 Å². The van der Waals surface area contributed by atoms with E-state index in [1.807, 2.05) is 4.40 Å². The van der Waals surface area contributed by atoms with Crippen molar-refractivity contribution in [3.8, 4) is 0 Å². The Bertz CT molecular complexity index is 1050. The minimum Gasteiger partial charge on any atom is -0.465 e. The minimum absolute atomic E-state index is 0.187. The van der Waals surface area contributed by atoms with Gasteiger partial charge in [-0.3, -0.25) is 0 Å². The maximum atomic E-state index is 14.1. The van der Waals surface area contributed by atoms with Crippen molar-refractivity contribution in [1.82, 2.24) is 14.4 Å². The number of fused-ring (bicyclic) bond motifs is 1. The molecule has 27 heavy (non-hydrogen) atoms. The van der Waals surface area contributed by atoms with Crippen LogP contribution in [0.3, 0.4) is 0 Å². The highest BCUT2D eigenvalue weighted by molar-refractivity contribution is 6.29. The van der Waals surface area contributed by atoms with Crippen molar-refractivity contribution in [1.29, 1.82) is 0 Å². The van der Waals surface area contributed by atoms with Crippen molar-refractivity contribution >= 4 is 35.4 Å². The summed E-state index contributed by atoms with van der Waals surface area (Å²) in [4.78, 5) is 20.2. The number of ether oxygens (including phenoxy) is 1. The highest BCUT2D eigenvalue weighted by atomic mass is 35.5. The fourth-order valence-corrected chi connectivity index (χ4v) is 3.05. The molecule has 0 aliphatic carbocycles. The first-order chi connectivity index (χ1) is 13.0. The Morgan fingerprint density at radius 1 is 1.41 bits per heavy atom. The van der Waals surface area contributed by atoms with Gasteiger partial charge in [0.1, 0.15) is 5.65 Å². The molecular weight excluding hydrogens is 371 g/mol. The van der Waals surface area contributed by atoms with Crippen LogP contribution in [0.2, 0.25) is 5.15 Å². The minimum atomic E-state index is -0.594. The summed E-state index contributed by atoms with van der Waals surface area (Å²) in [7, 11) is 1.33. The lowest BCUT2D eigenvalue weighted by Crippen LogP contribution is -2.08. The molecule has 0 saturated carbocycles. The average Bonchev–Trinajstić information content (AvgIpc) is 3.01. The van der Waals surface area contributed by atoms with Gasteiger partial charge in [0.15, 0.2) is 11.0 Å². The monoisotopic (exact) mass is 388 g/mol. The zero-order valence-corrected chi connectivity index (χ0v) is 15.6. The van der Waals surface area contributed by atoms with E-state index in [4.69, 9.17) is 22.1 Å². The van der Waals surface area contributed by atoms with E-state index in [9.17, 15) is 9.18 Å². The number of methoxy groups -OCH3 is 1. The van der Waals surface area contributed by atoms with Crippen LogP contribution < -0.4 is 5.73 Å². The number of nitrogens with zero attached hydrogens (tertiary/aromatic N) is 3. The lowest BCUT2D eigenvalue weighted by molar-refractivity contribution is 0.0600. The molecule has 8 heteroatoms. The third-order valence-corrected chi connectivity index (χ3v) is 4.52. The standard InChI is InChI=1S/C19H18ClFN4O2/c1-11-13(19(26)27-2)7-10-25-15(5-8-22)14(24-18(11)25)4-3-12-6-9-23-17(20)16(12)21/h3-4,6-7,9-10H,5,8,22H2,1-2H3/b4-3+. The van der Waals surface area contributed by atoms with Crippen LogP contribution in [0.15, 0.2) is 24.5 Å². The van der Waals surface area contributed by atoms with Crippen LogP contribution >= 0.6 is 11.6 Å². The molecule has 0 amide bonds. The molecule has 2 N–H and O–H groups in total. The van der Waals surface area contributed by atoms with Crippen molar-refractivity contribution in [3.63, 3.8) is 0 Å². The first-order valence-electron chi connectivity index (χ1n) is 8.25. The van der Waals surface area contributed by atoms with Gasteiger partial charge in [-0.1, -0.05) is 11.6 Å². The molecule has 0 aliphatic heterocycles. The zero-order valence-electron chi connectivity index (χ0n) is 14.9. The lowest BCUT2D eigenvalue weighted by Gasteiger charge is -2.07. The molecule has 0 radical (unpaired) electrons. The van der Waals surface area contributed by atoms with Crippen molar-refractivity contribution in [3.05, 3.63) is 63.6 Å². The number of hydrogen-bond acceptors (Lipinski definition) is 5. The van der Waals surface area contributed by atoms with E-state index in [0.717, 1.165) is 5.69 Å². The molecule has 3 heterocycles. The molecule has 140 valence electrons. The third kappa shape index (κ3) is 3.56. The molecule has 0 spiro atoms. The molecule has 0 fully saturated rings. The molecule has 0 bridgehead atoms. The van der Waals surface area contributed by atoms with E-state index in [-0.39, 0.29) is 5.15 Å². The van der Waals surface area contributed by atoms with Gasteiger partial charge in [0, 0.05) is 29.9 Å². The summed E-state index contributed by atoms with van der Waals surface area (Å²) in [5.41, 5.74) is 9.30. The summed E-state index contributed by atoms with van der Waals surface area (Å²) in [5.74, 6) is -1.02. The second-order valence-corrected chi connectivity index (χ2v) is 6.22. The number of esters is 1. The molecule has 0 saturated heterocycles. The molecule has 3 rings (SSSR count). The maximum absolute atomic E-state index is 14.1. The molecule has 6 nitrogen and oxygen atoms in total. The number of carbonyl (C=O) groups is 1. The topological polar surface area (TPSA) is 82.5 Å². The van der Waals surface area contributed by atoms with Gasteiger partial charge in [0.2, 0.25) is 0 Å². The first kappa shape index (κ1) is 19.0. The highest BCUT2D eigenvalue weighted by Crippen LogP contribution is 2.23. The normalized spacial score (nSPS) is 11.4. The van der Waals surface area contributed by atoms with Crippen molar-refractivity contribution in [2.45, 2.75) is 13.3 Å². The average molecular weight is 389 g/mol. The van der Waals surface area contributed by atoms with E-state index in [0.29, 0.717) is 41.0 Å². The number of aromatic nitrogens is 3. The number of imidazole rings is 1. The summed E-state index contributed by atoms with van der Waals surface area (Å²) in [6.07, 6.45) is 7.04. The van der Waals surface area contributed by atoms with Crippen LogP contribution in [0, 0.1) is 12.7 Å². The molecule has 0 aromatic carbocycles. The molecular formula is C19H18ClFN4O2. The highest BCUT2D eigenvalue weighted by Gasteiger charge is 2.17. The van der Waals surface area contributed by atoms with Crippen molar-refractivity contribution < 1.29 is 13.9 Å². The van der Waals surface area contributed by atoms with E-state index in [1.54, 1.807) is 31.3 Å². The first-order valence-corrected chi connectivity index (χ1v) is 8.62. The van der Waals surface area contributed by atoms with Crippen molar-refractivity contribution in [2.75, 3.05) is 13.7 Å². The van der Waals surface area contributed by atoms with Crippen LogP contribution in [-0.4, -0.2) is 34.0 Å². The Morgan fingerprint density at radius 2 is 2.19 bits per heavy atom. The largest absolute Gasteiger partial charge is 0.465 e. The predicted octanol–water partition coefficient (Wildman–Crippen LogP) is 3.29. The number of carbonyl (C=O) groups excluding carboxylic acids is 1. The molecule has 0 aliphatic rings. The number of aryl methyl sites for hydroxylation is 1. The van der Waals surface area contributed by atoms with Crippen LogP contribution in [0.1, 0.15) is 32.9 Å². The summed E-state index contributed by atoms with van der Waals surface area (Å²) in [5, 5.41) is -0.187. The Balaban J connectivity index is 2.13. The predicted molar refractivity (Wildman–Crippen MR) is 102 cm³/mol. The quantitative estimate of drug-likeness (QED) is 0.535. The SMILES string of the molecule is COC(=O)c1ccn2c(CCN)c(/C=C/c3ccnc(Cl)c3F)nc2c1C. The number of rotatable bonds is 5. The Labute approximate surface area is 160 Å². The summed E-state index contributed by atoms with van der Waals surface area (Å²) >= 11 is 5.72. The van der Waals surface area contributed by atoms with Crippen LogP contribution in [-0.2, 0) is 11.2 Å². The number of hydrogen-bond donors (Lipinski definition) is 1. The smallest absolute Gasteiger partial charge is 0.338 e. The Morgan fingerprint density at radius 3 is 2.89 bits per heavy atom. The second kappa shape index (κ2) is 7.85. The van der Waals surface area contributed by atoms with Gasteiger partial charge in [-0.2, -0.15) is 0 Å². The fraction of sp³-hybridized carbons (Fsp3) is 0.211. The van der Waals surface area contributed by atoms with Gasteiger partial charge >= 0.3 is 5.97 Å². The van der Waals surface area contributed by atoms with Gasteiger partial charge < -0.3 is 14.9 Å². The van der Waals surface area contributed by atoms with Gasteiger partial charge in [-0.25, -0.2) is 19.2 Å². The van der Waals surface area contributed by atoms with Gasteiger partial charge in [-0.15, -0.1) is 0 Å².